The van der Waals surface area contributed by atoms with Gasteiger partial charge in [0.15, 0.2) is 0 Å². The molecule has 1 heterocycles. The normalized spacial score (nSPS) is 25.9. The standard InChI is InChI=1S/C16H15NO/c1-17-14-11-7-3-6-10-13(14)15(16(17)18)12-8-4-2-5-9-12/h2-11,13,15H,1H3/t13-,15+/m0/s1. The first-order valence-corrected chi connectivity index (χ1v) is 6.16. The first kappa shape index (κ1) is 11.0. The average Bonchev–Trinajstić information content (AvgIpc) is 2.60. The van der Waals surface area contributed by atoms with E-state index in [1.165, 1.54) is 0 Å². The number of amides is 1. The van der Waals surface area contributed by atoms with E-state index in [0.29, 0.717) is 0 Å². The van der Waals surface area contributed by atoms with Crippen molar-refractivity contribution < 1.29 is 4.79 Å². The number of carbonyl (C=O) groups excluding carboxylic acids is 1. The first-order valence-electron chi connectivity index (χ1n) is 6.16. The molecule has 18 heavy (non-hydrogen) atoms. The molecule has 90 valence electrons. The van der Waals surface area contributed by atoms with Crippen LogP contribution >= 0.6 is 0 Å². The molecule has 1 aromatic carbocycles. The van der Waals surface area contributed by atoms with E-state index in [2.05, 4.69) is 6.08 Å². The number of nitrogens with zero attached hydrogens (tertiary/aromatic N) is 1. The third kappa shape index (κ3) is 1.61. The predicted molar refractivity (Wildman–Crippen MR) is 71.8 cm³/mol. The molecular formula is C16H15NO. The van der Waals surface area contributed by atoms with E-state index in [1.807, 2.05) is 61.7 Å². The minimum atomic E-state index is -0.0846. The Bertz CT molecular complexity index is 554. The lowest BCUT2D eigenvalue weighted by Crippen LogP contribution is -2.21. The molecule has 0 saturated carbocycles. The van der Waals surface area contributed by atoms with Crippen molar-refractivity contribution in [3.05, 3.63) is 72.0 Å². The average molecular weight is 237 g/mol. The molecule has 2 heteroatoms. The van der Waals surface area contributed by atoms with Gasteiger partial charge < -0.3 is 4.90 Å². The zero-order valence-corrected chi connectivity index (χ0v) is 10.3. The highest BCUT2D eigenvalue weighted by Gasteiger charge is 2.41. The van der Waals surface area contributed by atoms with Crippen molar-refractivity contribution in [2.75, 3.05) is 7.05 Å². The van der Waals surface area contributed by atoms with Gasteiger partial charge in [0, 0.05) is 18.7 Å². The Kier molecular flexibility index (Phi) is 2.63. The van der Waals surface area contributed by atoms with Crippen LogP contribution in [-0.2, 0) is 4.79 Å². The molecule has 0 unspecified atom stereocenters. The molecule has 0 aromatic heterocycles. The molecule has 2 aliphatic rings. The van der Waals surface area contributed by atoms with Crippen molar-refractivity contribution in [2.45, 2.75) is 5.92 Å². The van der Waals surface area contributed by atoms with Gasteiger partial charge in [0.25, 0.3) is 0 Å². The molecular weight excluding hydrogens is 222 g/mol. The summed E-state index contributed by atoms with van der Waals surface area (Å²) in [4.78, 5) is 14.2. The summed E-state index contributed by atoms with van der Waals surface area (Å²) in [5.41, 5.74) is 2.17. The van der Waals surface area contributed by atoms with Crippen LogP contribution in [0.25, 0.3) is 0 Å². The number of likely N-dealkylation sites (tertiary alicyclic amines) is 1. The smallest absolute Gasteiger partial charge is 0.235 e. The zero-order valence-electron chi connectivity index (χ0n) is 10.3. The minimum Gasteiger partial charge on any atom is -0.318 e. The highest BCUT2D eigenvalue weighted by Crippen LogP contribution is 2.41. The summed E-state index contributed by atoms with van der Waals surface area (Å²) < 4.78 is 0. The van der Waals surface area contributed by atoms with E-state index in [9.17, 15) is 4.79 Å². The van der Waals surface area contributed by atoms with Gasteiger partial charge in [-0.2, -0.15) is 0 Å². The lowest BCUT2D eigenvalue weighted by Gasteiger charge is -2.13. The van der Waals surface area contributed by atoms with Crippen molar-refractivity contribution in [1.82, 2.24) is 4.90 Å². The number of rotatable bonds is 1. The SMILES string of the molecule is CN1C(=O)[C@H](c2ccccc2)[C@H]2C=CC=CC=C21. The molecule has 0 radical (unpaired) electrons. The van der Waals surface area contributed by atoms with Crippen LogP contribution in [-0.4, -0.2) is 17.9 Å². The van der Waals surface area contributed by atoms with E-state index in [0.717, 1.165) is 11.3 Å². The summed E-state index contributed by atoms with van der Waals surface area (Å²) in [5, 5.41) is 0. The zero-order chi connectivity index (χ0) is 12.5. The molecule has 3 rings (SSSR count). The maximum Gasteiger partial charge on any atom is 0.235 e. The molecule has 1 aliphatic carbocycles. The molecule has 1 saturated heterocycles. The summed E-state index contributed by atoms with van der Waals surface area (Å²) in [6.45, 7) is 0. The van der Waals surface area contributed by atoms with Crippen LogP contribution in [0.3, 0.4) is 0 Å². The Morgan fingerprint density at radius 1 is 1.06 bits per heavy atom. The van der Waals surface area contributed by atoms with Crippen LogP contribution in [0.5, 0.6) is 0 Å². The van der Waals surface area contributed by atoms with Gasteiger partial charge in [-0.1, -0.05) is 54.6 Å². The summed E-state index contributed by atoms with van der Waals surface area (Å²) in [5.74, 6) is 0.246. The molecule has 1 aromatic rings. The van der Waals surface area contributed by atoms with Crippen molar-refractivity contribution in [2.24, 2.45) is 5.92 Å². The Morgan fingerprint density at radius 2 is 1.83 bits per heavy atom. The third-order valence-electron chi connectivity index (χ3n) is 3.65. The Morgan fingerprint density at radius 3 is 2.61 bits per heavy atom. The molecule has 2 atom stereocenters. The van der Waals surface area contributed by atoms with Crippen molar-refractivity contribution in [3.8, 4) is 0 Å². The quantitative estimate of drug-likeness (QED) is 0.735. The summed E-state index contributed by atoms with van der Waals surface area (Å²) >= 11 is 0. The van der Waals surface area contributed by atoms with Crippen LogP contribution < -0.4 is 0 Å². The van der Waals surface area contributed by atoms with Gasteiger partial charge in [-0.15, -0.1) is 0 Å². The summed E-state index contributed by atoms with van der Waals surface area (Å²) in [6.07, 6.45) is 10.2. The number of carbonyl (C=O) groups is 1. The second-order valence-corrected chi connectivity index (χ2v) is 4.67. The van der Waals surface area contributed by atoms with E-state index >= 15 is 0 Å². The monoisotopic (exact) mass is 237 g/mol. The van der Waals surface area contributed by atoms with Crippen LogP contribution in [0, 0.1) is 5.92 Å². The molecule has 1 aliphatic heterocycles. The fourth-order valence-corrected chi connectivity index (χ4v) is 2.73. The number of fused-ring (bicyclic) bond motifs is 1. The number of hydrogen-bond donors (Lipinski definition) is 0. The highest BCUT2D eigenvalue weighted by molar-refractivity contribution is 5.89. The van der Waals surface area contributed by atoms with Crippen LogP contribution in [0.2, 0.25) is 0 Å². The fraction of sp³-hybridized carbons (Fsp3) is 0.188. The Labute approximate surface area is 107 Å². The molecule has 2 nitrogen and oxygen atoms in total. The lowest BCUT2D eigenvalue weighted by molar-refractivity contribution is -0.127. The van der Waals surface area contributed by atoms with Gasteiger partial charge in [-0.05, 0) is 11.6 Å². The van der Waals surface area contributed by atoms with E-state index in [4.69, 9.17) is 0 Å². The predicted octanol–water partition coefficient (Wildman–Crippen LogP) is 2.87. The topological polar surface area (TPSA) is 20.3 Å². The second-order valence-electron chi connectivity index (χ2n) is 4.67. The maximum atomic E-state index is 12.4. The molecule has 1 fully saturated rings. The number of likely N-dealkylation sites (N-methyl/N-ethyl adjacent to an activating group) is 1. The van der Waals surface area contributed by atoms with E-state index in [-0.39, 0.29) is 17.7 Å². The summed E-state index contributed by atoms with van der Waals surface area (Å²) in [7, 11) is 1.86. The van der Waals surface area contributed by atoms with Gasteiger partial charge in [-0.3, -0.25) is 4.79 Å². The number of hydrogen-bond acceptors (Lipinski definition) is 1. The molecule has 0 bridgehead atoms. The Hall–Kier alpha value is -2.09. The Balaban J connectivity index is 2.08. The van der Waals surface area contributed by atoms with Crippen LogP contribution in [0.1, 0.15) is 11.5 Å². The van der Waals surface area contributed by atoms with E-state index in [1.54, 1.807) is 4.90 Å². The van der Waals surface area contributed by atoms with Gasteiger partial charge >= 0.3 is 0 Å². The number of benzene rings is 1. The fourth-order valence-electron chi connectivity index (χ4n) is 2.73. The van der Waals surface area contributed by atoms with Crippen molar-refractivity contribution in [1.29, 1.82) is 0 Å². The third-order valence-corrected chi connectivity index (χ3v) is 3.65. The van der Waals surface area contributed by atoms with Gasteiger partial charge in [0.2, 0.25) is 5.91 Å². The van der Waals surface area contributed by atoms with Gasteiger partial charge in [-0.25, -0.2) is 0 Å². The van der Waals surface area contributed by atoms with Crippen LogP contribution in [0.15, 0.2) is 66.4 Å². The largest absolute Gasteiger partial charge is 0.318 e. The van der Waals surface area contributed by atoms with Crippen LogP contribution in [0.4, 0.5) is 0 Å². The lowest BCUT2D eigenvalue weighted by atomic mass is 9.87. The maximum absolute atomic E-state index is 12.4. The highest BCUT2D eigenvalue weighted by atomic mass is 16.2. The molecule has 0 spiro atoms. The van der Waals surface area contributed by atoms with Gasteiger partial charge in [0.05, 0.1) is 5.92 Å². The second kappa shape index (κ2) is 4.30. The molecule has 0 N–H and O–H groups in total. The van der Waals surface area contributed by atoms with Crippen molar-refractivity contribution in [3.63, 3.8) is 0 Å². The first-order chi connectivity index (χ1) is 8.79. The van der Waals surface area contributed by atoms with Crippen molar-refractivity contribution >= 4 is 5.91 Å². The molecule has 1 amide bonds. The van der Waals surface area contributed by atoms with E-state index < -0.39 is 0 Å². The van der Waals surface area contributed by atoms with Gasteiger partial charge in [0.1, 0.15) is 0 Å². The summed E-state index contributed by atoms with van der Waals surface area (Å²) in [6, 6.07) is 10.0. The minimum absolute atomic E-state index is 0.0846. The number of allylic oxidation sites excluding steroid dienone is 5.